The van der Waals surface area contributed by atoms with Crippen LogP contribution in [0.5, 0.6) is 5.75 Å². The summed E-state index contributed by atoms with van der Waals surface area (Å²) >= 11 is 0. The van der Waals surface area contributed by atoms with Crippen LogP contribution in [0.1, 0.15) is 18.4 Å². The summed E-state index contributed by atoms with van der Waals surface area (Å²) in [6.07, 6.45) is 2.36. The Morgan fingerprint density at radius 3 is 3.18 bits per heavy atom. The molecular formula is C12H14N2O3. The van der Waals surface area contributed by atoms with Gasteiger partial charge in [-0.2, -0.15) is 0 Å². The molecule has 2 aliphatic rings. The molecule has 1 saturated heterocycles. The Labute approximate surface area is 99.1 Å². The van der Waals surface area contributed by atoms with E-state index in [1.165, 1.54) is 12.5 Å². The summed E-state index contributed by atoms with van der Waals surface area (Å²) in [4.78, 5) is 12.8. The highest BCUT2D eigenvalue weighted by atomic mass is 16.6. The van der Waals surface area contributed by atoms with E-state index in [2.05, 4.69) is 4.90 Å². The zero-order valence-corrected chi connectivity index (χ0v) is 9.46. The third-order valence-corrected chi connectivity index (χ3v) is 3.56. The fourth-order valence-corrected chi connectivity index (χ4v) is 2.64. The molecule has 0 bridgehead atoms. The average Bonchev–Trinajstić information content (AvgIpc) is 2.68. The number of nitro groups is 1. The molecule has 0 saturated carbocycles. The normalized spacial score (nSPS) is 23.4. The lowest BCUT2D eigenvalue weighted by molar-refractivity contribution is -0.384. The van der Waals surface area contributed by atoms with E-state index in [0.29, 0.717) is 12.6 Å². The third-order valence-electron chi connectivity index (χ3n) is 3.56. The Morgan fingerprint density at radius 1 is 1.47 bits per heavy atom. The van der Waals surface area contributed by atoms with Crippen LogP contribution in [-0.2, 0) is 6.54 Å². The second kappa shape index (κ2) is 4.00. The van der Waals surface area contributed by atoms with Gasteiger partial charge in [0.15, 0.2) is 0 Å². The maximum Gasteiger partial charge on any atom is 0.270 e. The van der Waals surface area contributed by atoms with Crippen LogP contribution < -0.4 is 4.74 Å². The van der Waals surface area contributed by atoms with Crippen molar-refractivity contribution in [3.63, 3.8) is 0 Å². The first-order valence-electron chi connectivity index (χ1n) is 5.88. The number of nitro benzene ring substituents is 1. The van der Waals surface area contributed by atoms with Crippen LogP contribution in [0.25, 0.3) is 0 Å². The van der Waals surface area contributed by atoms with Gasteiger partial charge < -0.3 is 4.74 Å². The van der Waals surface area contributed by atoms with E-state index in [1.54, 1.807) is 12.1 Å². The standard InChI is InChI=1S/C12H14N2O3/c15-14(16)10-3-4-12-9(6-10)7-13-5-1-2-11(13)8-17-12/h3-4,6,11H,1-2,5,7-8H2/t11-/m0/s1. The summed E-state index contributed by atoms with van der Waals surface area (Å²) in [5, 5.41) is 10.8. The van der Waals surface area contributed by atoms with E-state index in [-0.39, 0.29) is 10.6 Å². The van der Waals surface area contributed by atoms with Crippen molar-refractivity contribution < 1.29 is 9.66 Å². The van der Waals surface area contributed by atoms with Crippen molar-refractivity contribution >= 4 is 5.69 Å². The van der Waals surface area contributed by atoms with Crippen LogP contribution in [0.2, 0.25) is 0 Å². The lowest BCUT2D eigenvalue weighted by Crippen LogP contribution is -2.31. The largest absolute Gasteiger partial charge is 0.492 e. The molecule has 1 fully saturated rings. The van der Waals surface area contributed by atoms with Crippen LogP contribution >= 0.6 is 0 Å². The van der Waals surface area contributed by atoms with Gasteiger partial charge in [-0.3, -0.25) is 15.0 Å². The molecule has 0 spiro atoms. The molecule has 0 radical (unpaired) electrons. The Kier molecular flexibility index (Phi) is 2.48. The number of hydrogen-bond acceptors (Lipinski definition) is 4. The summed E-state index contributed by atoms with van der Waals surface area (Å²) < 4.78 is 5.73. The molecule has 1 atom stereocenters. The van der Waals surface area contributed by atoms with Gasteiger partial charge in [0.1, 0.15) is 12.4 Å². The Morgan fingerprint density at radius 2 is 2.35 bits per heavy atom. The van der Waals surface area contributed by atoms with Crippen LogP contribution in [0, 0.1) is 10.1 Å². The zero-order valence-electron chi connectivity index (χ0n) is 9.46. The average molecular weight is 234 g/mol. The van der Waals surface area contributed by atoms with E-state index >= 15 is 0 Å². The SMILES string of the molecule is O=[N+]([O-])c1ccc2c(c1)CN1CCC[C@H]1CO2. The van der Waals surface area contributed by atoms with Gasteiger partial charge in [0.25, 0.3) is 5.69 Å². The number of hydrogen-bond donors (Lipinski definition) is 0. The molecule has 2 aliphatic heterocycles. The van der Waals surface area contributed by atoms with Gasteiger partial charge >= 0.3 is 0 Å². The van der Waals surface area contributed by atoms with Gasteiger partial charge in [-0.1, -0.05) is 0 Å². The predicted octanol–water partition coefficient (Wildman–Crippen LogP) is 1.95. The fourth-order valence-electron chi connectivity index (χ4n) is 2.64. The van der Waals surface area contributed by atoms with Crippen molar-refractivity contribution in [2.75, 3.05) is 13.2 Å². The smallest absolute Gasteiger partial charge is 0.270 e. The van der Waals surface area contributed by atoms with Crippen LogP contribution in [0.4, 0.5) is 5.69 Å². The number of nitrogens with zero attached hydrogens (tertiary/aromatic N) is 2. The lowest BCUT2D eigenvalue weighted by atomic mass is 10.1. The molecule has 5 nitrogen and oxygen atoms in total. The van der Waals surface area contributed by atoms with Crippen molar-refractivity contribution in [1.29, 1.82) is 0 Å². The zero-order chi connectivity index (χ0) is 11.8. The monoisotopic (exact) mass is 234 g/mol. The van der Waals surface area contributed by atoms with Gasteiger partial charge in [0.05, 0.1) is 4.92 Å². The van der Waals surface area contributed by atoms with E-state index in [0.717, 1.165) is 30.8 Å². The number of non-ortho nitro benzene ring substituents is 1. The highest BCUT2D eigenvalue weighted by molar-refractivity contribution is 5.44. The van der Waals surface area contributed by atoms with Crippen molar-refractivity contribution in [3.05, 3.63) is 33.9 Å². The molecule has 2 heterocycles. The third kappa shape index (κ3) is 1.86. The summed E-state index contributed by atoms with van der Waals surface area (Å²) in [6.45, 7) is 2.53. The van der Waals surface area contributed by atoms with Crippen LogP contribution in [0.15, 0.2) is 18.2 Å². The predicted molar refractivity (Wildman–Crippen MR) is 62.0 cm³/mol. The minimum Gasteiger partial charge on any atom is -0.492 e. The first-order chi connectivity index (χ1) is 8.24. The molecule has 5 heteroatoms. The first kappa shape index (κ1) is 10.5. The second-order valence-electron chi connectivity index (χ2n) is 4.63. The van der Waals surface area contributed by atoms with Gasteiger partial charge in [0, 0.05) is 30.3 Å². The topological polar surface area (TPSA) is 55.6 Å². The maximum atomic E-state index is 10.8. The number of ether oxygens (including phenoxy) is 1. The second-order valence-corrected chi connectivity index (χ2v) is 4.63. The van der Waals surface area contributed by atoms with E-state index in [1.807, 2.05) is 0 Å². The van der Waals surface area contributed by atoms with Crippen molar-refractivity contribution in [3.8, 4) is 5.75 Å². The Hall–Kier alpha value is -1.62. The van der Waals surface area contributed by atoms with Crippen LogP contribution in [-0.4, -0.2) is 29.0 Å². The minimum absolute atomic E-state index is 0.144. The number of benzene rings is 1. The summed E-state index contributed by atoms with van der Waals surface area (Å²) in [5.74, 6) is 0.796. The molecular weight excluding hydrogens is 220 g/mol. The summed E-state index contributed by atoms with van der Waals surface area (Å²) in [6, 6.07) is 5.34. The highest BCUT2D eigenvalue weighted by Crippen LogP contribution is 2.31. The molecule has 0 N–H and O–H groups in total. The molecule has 17 heavy (non-hydrogen) atoms. The minimum atomic E-state index is -0.355. The van der Waals surface area contributed by atoms with Gasteiger partial charge in [-0.05, 0) is 25.5 Å². The molecule has 0 aliphatic carbocycles. The van der Waals surface area contributed by atoms with E-state index < -0.39 is 0 Å². The molecule has 1 aromatic carbocycles. The quantitative estimate of drug-likeness (QED) is 0.550. The molecule has 1 aromatic rings. The van der Waals surface area contributed by atoms with Gasteiger partial charge in [-0.25, -0.2) is 0 Å². The van der Waals surface area contributed by atoms with Gasteiger partial charge in [0.2, 0.25) is 0 Å². The molecule has 3 rings (SSSR count). The fraction of sp³-hybridized carbons (Fsp3) is 0.500. The Balaban J connectivity index is 1.94. The van der Waals surface area contributed by atoms with Crippen molar-refractivity contribution in [2.45, 2.75) is 25.4 Å². The lowest BCUT2D eigenvalue weighted by Gasteiger charge is -2.19. The highest BCUT2D eigenvalue weighted by Gasteiger charge is 2.29. The number of fused-ring (bicyclic) bond motifs is 2. The van der Waals surface area contributed by atoms with Crippen molar-refractivity contribution in [2.24, 2.45) is 0 Å². The molecule has 0 amide bonds. The van der Waals surface area contributed by atoms with Crippen molar-refractivity contribution in [1.82, 2.24) is 4.90 Å². The molecule has 0 aromatic heterocycles. The molecule has 0 unspecified atom stereocenters. The summed E-state index contributed by atoms with van der Waals surface area (Å²) in [7, 11) is 0. The Bertz CT molecular complexity index is 461. The van der Waals surface area contributed by atoms with Gasteiger partial charge in [-0.15, -0.1) is 0 Å². The van der Waals surface area contributed by atoms with E-state index in [9.17, 15) is 10.1 Å². The summed E-state index contributed by atoms with van der Waals surface area (Å²) in [5.41, 5.74) is 1.08. The van der Waals surface area contributed by atoms with Crippen LogP contribution in [0.3, 0.4) is 0 Å². The maximum absolute atomic E-state index is 10.8. The van der Waals surface area contributed by atoms with E-state index in [4.69, 9.17) is 4.74 Å². The first-order valence-corrected chi connectivity index (χ1v) is 5.88. The molecule has 90 valence electrons. The number of rotatable bonds is 1.